The number of rotatable bonds is 6. The van der Waals surface area contributed by atoms with Gasteiger partial charge in [0, 0.05) is 15.5 Å². The van der Waals surface area contributed by atoms with Gasteiger partial charge < -0.3 is 52.0 Å². The van der Waals surface area contributed by atoms with E-state index in [1.807, 2.05) is 62.3 Å². The van der Waals surface area contributed by atoms with E-state index in [9.17, 15) is 28.4 Å². The Morgan fingerprint density at radius 2 is 0.859 bits per heavy atom. The normalized spacial score (nSPS) is 28.8. The van der Waals surface area contributed by atoms with Crippen molar-refractivity contribution in [3.05, 3.63) is 54.6 Å². The van der Waals surface area contributed by atoms with Gasteiger partial charge in [-0.2, -0.15) is 0 Å². The number of fused-ring (bicyclic) bond motifs is 3. The summed E-state index contributed by atoms with van der Waals surface area (Å²) in [5, 5.41) is 10.00. The average molecular weight is 1040 g/mol. The molecule has 5 aliphatic rings. The van der Waals surface area contributed by atoms with Crippen molar-refractivity contribution in [3.63, 3.8) is 0 Å². The van der Waals surface area contributed by atoms with E-state index in [2.05, 4.69) is 41.5 Å². The summed E-state index contributed by atoms with van der Waals surface area (Å²) >= 11 is 0. The lowest BCUT2D eigenvalue weighted by Crippen LogP contribution is -2.36. The Labute approximate surface area is 423 Å². The number of hydrogen-bond acceptors (Lipinski definition) is 13. The van der Waals surface area contributed by atoms with Crippen molar-refractivity contribution < 1.29 is 61.5 Å². The second kappa shape index (κ2) is 21.5. The number of ether oxygens (including phenoxy) is 7. The van der Waals surface area contributed by atoms with Gasteiger partial charge in [-0.25, -0.2) is 9.59 Å². The topological polar surface area (TPSA) is 170 Å². The predicted octanol–water partition coefficient (Wildman–Crippen LogP) is 14.1. The van der Waals surface area contributed by atoms with E-state index in [-0.39, 0.29) is 42.2 Å². The largest absolute Gasteiger partial charge is 0.514 e. The molecule has 3 aliphatic heterocycles. The van der Waals surface area contributed by atoms with Crippen LogP contribution in [0.15, 0.2) is 54.6 Å². The van der Waals surface area contributed by atoms with Gasteiger partial charge >= 0.3 is 12.3 Å². The lowest BCUT2D eigenvalue weighted by Gasteiger charge is -2.36. The molecular weight excluding hydrogens is 962 g/mol. The number of hydrogen-bond donors (Lipinski definition) is 1. The highest BCUT2D eigenvalue weighted by molar-refractivity contribution is 7.74. The summed E-state index contributed by atoms with van der Waals surface area (Å²) < 4.78 is 79.6. The molecule has 2 fully saturated rings. The van der Waals surface area contributed by atoms with Crippen LogP contribution in [0.1, 0.15) is 142 Å². The van der Waals surface area contributed by atoms with Crippen molar-refractivity contribution >= 4 is 49.7 Å². The highest BCUT2D eigenvalue weighted by Gasteiger charge is 2.50. The van der Waals surface area contributed by atoms with Crippen molar-refractivity contribution in [1.82, 2.24) is 0 Å². The van der Waals surface area contributed by atoms with Crippen LogP contribution in [-0.2, 0) is 23.2 Å². The van der Waals surface area contributed by atoms with Gasteiger partial charge in [0.2, 0.25) is 0 Å². The molecule has 0 bridgehead atoms. The van der Waals surface area contributed by atoms with E-state index < -0.39 is 44.0 Å². The van der Waals surface area contributed by atoms with Gasteiger partial charge in [0.05, 0.1) is 5.30 Å². The van der Waals surface area contributed by atoms with Crippen molar-refractivity contribution in [2.45, 2.75) is 170 Å². The average Bonchev–Trinajstić information content (AvgIpc) is 3.94. The van der Waals surface area contributed by atoms with Crippen LogP contribution < -0.4 is 39.6 Å². The molecule has 0 spiro atoms. The zero-order valence-electron chi connectivity index (χ0n) is 44.9. The van der Waals surface area contributed by atoms with Crippen LogP contribution in [0.25, 0.3) is 0 Å². The molecule has 0 amide bonds. The van der Waals surface area contributed by atoms with Crippen LogP contribution in [0, 0.1) is 35.5 Å². The minimum absolute atomic E-state index is 0.0864. The second-order valence-corrected chi connectivity index (χ2v) is 34.6. The molecule has 71 heavy (non-hydrogen) atoms. The SMILES string of the molecule is CC(C)(C)P1(=O)COc2cccc(O)c21.CC(C)[C@H]1CC[C@H](C)C[C@@H]1OC(=O)Oc1cccc2c1[P@@](=O)(C(C)(C)C)CO2.CC(C)[C@H]1CC[C@H](C)C[C@@H]1OC(=O)Oc1cccc2c1[P@](=O)(C(C)(C)C)CO2. The lowest BCUT2D eigenvalue weighted by molar-refractivity contribution is -0.0142. The van der Waals surface area contributed by atoms with Crippen molar-refractivity contribution in [3.8, 4) is 34.5 Å². The molecule has 394 valence electrons. The van der Waals surface area contributed by atoms with Crippen LogP contribution in [-0.4, -0.2) is 64.1 Å². The maximum Gasteiger partial charge on any atom is 0.514 e. The second-order valence-electron chi connectivity index (χ2n) is 24.1. The van der Waals surface area contributed by atoms with Gasteiger partial charge in [-0.3, -0.25) is 0 Å². The first-order valence-corrected chi connectivity index (χ1v) is 31.1. The third-order valence-electron chi connectivity index (χ3n) is 15.2. The summed E-state index contributed by atoms with van der Waals surface area (Å²) in [4.78, 5) is 25.3. The van der Waals surface area contributed by atoms with E-state index in [0.29, 0.717) is 80.2 Å². The Bertz CT molecular complexity index is 2420. The minimum atomic E-state index is -2.87. The van der Waals surface area contributed by atoms with Gasteiger partial charge in [0.1, 0.15) is 76.4 Å². The molecular formula is C55H81O13P3. The summed E-state index contributed by atoms with van der Waals surface area (Å²) in [6.45, 7) is 30.4. The van der Waals surface area contributed by atoms with Crippen LogP contribution in [0.2, 0.25) is 0 Å². The summed E-state index contributed by atoms with van der Waals surface area (Å²) in [5.74, 6) is 4.95. The molecule has 1 N–H and O–H groups in total. The van der Waals surface area contributed by atoms with E-state index in [1.54, 1.807) is 54.6 Å². The third kappa shape index (κ3) is 11.9. The van der Waals surface area contributed by atoms with Gasteiger partial charge in [0.15, 0.2) is 21.4 Å². The Hall–Kier alpha value is -3.91. The molecule has 8 rings (SSSR count). The Morgan fingerprint density at radius 1 is 0.535 bits per heavy atom. The van der Waals surface area contributed by atoms with E-state index >= 15 is 0 Å². The third-order valence-corrected chi connectivity index (χ3v) is 26.7. The summed E-state index contributed by atoms with van der Waals surface area (Å²) in [6, 6.07) is 15.4. The molecule has 16 heteroatoms. The van der Waals surface area contributed by atoms with Crippen LogP contribution in [0.3, 0.4) is 0 Å². The smallest absolute Gasteiger partial charge is 0.507 e. The summed E-state index contributed by atoms with van der Waals surface area (Å²) in [7, 11) is -8.40. The lowest BCUT2D eigenvalue weighted by atomic mass is 9.75. The summed E-state index contributed by atoms with van der Waals surface area (Å²) in [6.07, 6.45) is 4.91. The predicted molar refractivity (Wildman–Crippen MR) is 283 cm³/mol. The van der Waals surface area contributed by atoms with Crippen molar-refractivity contribution in [1.29, 1.82) is 0 Å². The van der Waals surface area contributed by atoms with Gasteiger partial charge in [-0.1, -0.05) is 135 Å². The molecule has 2 aliphatic carbocycles. The van der Waals surface area contributed by atoms with Crippen LogP contribution in [0.5, 0.6) is 34.5 Å². The van der Waals surface area contributed by atoms with Crippen LogP contribution >= 0.6 is 21.4 Å². The number of phenols is 1. The van der Waals surface area contributed by atoms with Crippen molar-refractivity contribution in [2.24, 2.45) is 35.5 Å². The number of carbonyl (C=O) groups is 2. The number of carbonyl (C=O) groups excluding carboxylic acids is 2. The Balaban J connectivity index is 0.000000183. The summed E-state index contributed by atoms with van der Waals surface area (Å²) in [5.41, 5.74) is 0. The van der Waals surface area contributed by atoms with Crippen LogP contribution in [0.4, 0.5) is 9.59 Å². The molecule has 3 aromatic rings. The number of phenolic OH excluding ortho intramolecular Hbond substituents is 1. The van der Waals surface area contributed by atoms with E-state index in [1.165, 1.54) is 0 Å². The molecule has 1 unspecified atom stereocenters. The van der Waals surface area contributed by atoms with Gasteiger partial charge in [-0.05, 0) is 97.6 Å². The zero-order chi connectivity index (χ0) is 52.6. The fourth-order valence-electron chi connectivity index (χ4n) is 10.3. The standard InChI is InChI=1S/2C22H33O5P.C11H15O3P/c2*1-14(2)16-11-10-15(3)12-19(16)27-21(23)26-18-9-7-8-17-20(18)28(24,13-25-17)22(4,5)6;1-11(2,3)15(13)7-14-9-6-4-5-8(12)10(9)15/h2*7-9,14-16,19H,10-13H2,1-6H3;4-6,12H,7H2,1-3H3/t15-,16+,19-,28+;15-,16+,19-,28-;/m00./s1. The first-order valence-electron chi connectivity index (χ1n) is 25.4. The first kappa shape index (κ1) is 56.4. The molecule has 0 radical (unpaired) electrons. The molecule has 13 nitrogen and oxygen atoms in total. The minimum Gasteiger partial charge on any atom is -0.507 e. The molecule has 0 aromatic heterocycles. The van der Waals surface area contributed by atoms with Crippen molar-refractivity contribution in [2.75, 3.05) is 19.0 Å². The molecule has 3 aromatic carbocycles. The monoisotopic (exact) mass is 1040 g/mol. The highest BCUT2D eigenvalue weighted by atomic mass is 31.2. The van der Waals surface area contributed by atoms with E-state index in [0.717, 1.165) is 38.5 Å². The fraction of sp³-hybridized carbons (Fsp3) is 0.636. The molecule has 2 saturated carbocycles. The fourth-order valence-corrected chi connectivity index (χ4v) is 17.7. The zero-order valence-corrected chi connectivity index (χ0v) is 47.6. The molecule has 3 heterocycles. The highest BCUT2D eigenvalue weighted by Crippen LogP contribution is 2.65. The molecule has 0 saturated heterocycles. The number of benzene rings is 3. The maximum atomic E-state index is 13.7. The van der Waals surface area contributed by atoms with E-state index in [4.69, 9.17) is 33.2 Å². The first-order chi connectivity index (χ1) is 32.9. The number of aromatic hydroxyl groups is 1. The van der Waals surface area contributed by atoms with Gasteiger partial charge in [0.25, 0.3) is 0 Å². The Kier molecular flexibility index (Phi) is 17.1. The van der Waals surface area contributed by atoms with Gasteiger partial charge in [-0.15, -0.1) is 0 Å². The quantitative estimate of drug-likeness (QED) is 0.141. The maximum absolute atomic E-state index is 13.7. The Morgan fingerprint density at radius 3 is 1.20 bits per heavy atom. The molecule has 9 atom stereocenters.